The standard InChI is InChI=1S/C16H18N2O6/c1-9-7-10(15(21)22)3-4-12(9)17-13-11(16(23)24-2)8-18(5-6-19)14(13)20/h3-4,7,17,19H,5-6,8H2,1-2H3,(H,21,22). The summed E-state index contributed by atoms with van der Waals surface area (Å²) in [5, 5.41) is 20.9. The summed E-state index contributed by atoms with van der Waals surface area (Å²) in [6.45, 7) is 1.61. The smallest absolute Gasteiger partial charge is 0.337 e. The Morgan fingerprint density at radius 3 is 2.62 bits per heavy atom. The topological polar surface area (TPSA) is 116 Å². The van der Waals surface area contributed by atoms with Crippen LogP contribution in [0, 0.1) is 6.92 Å². The second kappa shape index (κ2) is 7.14. The Morgan fingerprint density at radius 2 is 2.08 bits per heavy atom. The van der Waals surface area contributed by atoms with Gasteiger partial charge in [0.25, 0.3) is 5.91 Å². The number of nitrogens with one attached hydrogen (secondary N) is 1. The third-order valence-electron chi connectivity index (χ3n) is 3.69. The number of carboxylic acid groups (broad SMARTS) is 1. The highest BCUT2D eigenvalue weighted by Gasteiger charge is 2.34. The summed E-state index contributed by atoms with van der Waals surface area (Å²) in [5.41, 5.74) is 1.48. The van der Waals surface area contributed by atoms with Gasteiger partial charge in [-0.15, -0.1) is 0 Å². The SMILES string of the molecule is COC(=O)C1=C(Nc2ccc(C(=O)O)cc2C)C(=O)N(CCO)C1. The van der Waals surface area contributed by atoms with Crippen molar-refractivity contribution < 1.29 is 29.3 Å². The second-order valence-electron chi connectivity index (χ2n) is 5.26. The number of benzene rings is 1. The summed E-state index contributed by atoms with van der Waals surface area (Å²) in [4.78, 5) is 36.6. The maximum atomic E-state index is 12.4. The molecule has 3 N–H and O–H groups in total. The minimum Gasteiger partial charge on any atom is -0.478 e. The molecule has 0 radical (unpaired) electrons. The van der Waals surface area contributed by atoms with Crippen molar-refractivity contribution in [2.24, 2.45) is 0 Å². The first kappa shape index (κ1) is 17.5. The van der Waals surface area contributed by atoms with E-state index in [1.807, 2.05) is 0 Å². The van der Waals surface area contributed by atoms with Crippen molar-refractivity contribution in [2.75, 3.05) is 32.1 Å². The van der Waals surface area contributed by atoms with Crippen LogP contribution in [0.4, 0.5) is 5.69 Å². The number of aryl methyl sites for hydroxylation is 1. The molecule has 0 spiro atoms. The summed E-state index contributed by atoms with van der Waals surface area (Å²) in [7, 11) is 1.22. The molecule has 0 unspecified atom stereocenters. The second-order valence-corrected chi connectivity index (χ2v) is 5.26. The van der Waals surface area contributed by atoms with E-state index in [1.54, 1.807) is 6.92 Å². The van der Waals surface area contributed by atoms with Gasteiger partial charge >= 0.3 is 11.9 Å². The number of hydrogen-bond acceptors (Lipinski definition) is 6. The first-order valence-corrected chi connectivity index (χ1v) is 7.21. The van der Waals surface area contributed by atoms with Gasteiger partial charge in [-0.1, -0.05) is 0 Å². The molecule has 0 fully saturated rings. The zero-order valence-corrected chi connectivity index (χ0v) is 13.3. The van der Waals surface area contributed by atoms with Gasteiger partial charge in [0.2, 0.25) is 0 Å². The summed E-state index contributed by atoms with van der Waals surface area (Å²) >= 11 is 0. The Balaban J connectivity index is 2.35. The van der Waals surface area contributed by atoms with Crippen LogP contribution in [0.5, 0.6) is 0 Å². The molecule has 1 aromatic carbocycles. The average Bonchev–Trinajstić information content (AvgIpc) is 2.85. The number of esters is 1. The van der Waals surface area contributed by atoms with Gasteiger partial charge in [-0.3, -0.25) is 4.79 Å². The molecule has 24 heavy (non-hydrogen) atoms. The lowest BCUT2D eigenvalue weighted by atomic mass is 10.1. The van der Waals surface area contributed by atoms with Gasteiger partial charge in [-0.2, -0.15) is 0 Å². The molecule has 0 bridgehead atoms. The first-order valence-electron chi connectivity index (χ1n) is 7.21. The molecule has 1 aromatic rings. The largest absolute Gasteiger partial charge is 0.478 e. The number of anilines is 1. The van der Waals surface area contributed by atoms with Crippen molar-refractivity contribution >= 4 is 23.5 Å². The molecule has 1 aliphatic heterocycles. The van der Waals surface area contributed by atoms with Crippen molar-refractivity contribution in [3.05, 3.63) is 40.6 Å². The van der Waals surface area contributed by atoms with Crippen LogP contribution in [-0.2, 0) is 14.3 Å². The van der Waals surface area contributed by atoms with E-state index in [4.69, 9.17) is 14.9 Å². The molecular weight excluding hydrogens is 316 g/mol. The quantitative estimate of drug-likeness (QED) is 0.643. The number of rotatable bonds is 6. The molecule has 0 aliphatic carbocycles. The van der Waals surface area contributed by atoms with Crippen LogP contribution in [0.1, 0.15) is 15.9 Å². The van der Waals surface area contributed by atoms with Crippen LogP contribution in [-0.4, -0.2) is 59.8 Å². The normalized spacial score (nSPS) is 14.1. The van der Waals surface area contributed by atoms with E-state index < -0.39 is 17.8 Å². The molecular formula is C16H18N2O6. The van der Waals surface area contributed by atoms with Crippen LogP contribution in [0.3, 0.4) is 0 Å². The molecule has 8 heteroatoms. The maximum Gasteiger partial charge on any atom is 0.337 e. The number of nitrogens with zero attached hydrogens (tertiary/aromatic N) is 1. The van der Waals surface area contributed by atoms with Crippen LogP contribution in [0.2, 0.25) is 0 Å². The Kier molecular flexibility index (Phi) is 5.20. The highest BCUT2D eigenvalue weighted by Crippen LogP contribution is 2.25. The minimum absolute atomic E-state index is 0.0423. The number of carbonyl (C=O) groups is 3. The Hall–Kier alpha value is -2.87. The summed E-state index contributed by atoms with van der Waals surface area (Å²) in [6.07, 6.45) is 0. The fourth-order valence-electron chi connectivity index (χ4n) is 2.42. The van der Waals surface area contributed by atoms with Crippen molar-refractivity contribution in [3.8, 4) is 0 Å². The van der Waals surface area contributed by atoms with Gasteiger partial charge in [-0.05, 0) is 30.7 Å². The lowest BCUT2D eigenvalue weighted by Gasteiger charge is -2.15. The van der Waals surface area contributed by atoms with Gasteiger partial charge < -0.3 is 25.2 Å². The molecule has 0 aromatic heterocycles. The number of amides is 1. The number of ether oxygens (including phenoxy) is 1. The first-order chi connectivity index (χ1) is 11.4. The minimum atomic E-state index is -1.05. The number of β-amino-alcohol motifs (C(OH)–C–C–N with tert-alkyl or cyclic N) is 1. The highest BCUT2D eigenvalue weighted by molar-refractivity contribution is 6.08. The fourth-order valence-corrected chi connectivity index (χ4v) is 2.42. The molecule has 8 nitrogen and oxygen atoms in total. The number of carbonyl (C=O) groups excluding carboxylic acids is 2. The summed E-state index contributed by atoms with van der Waals surface area (Å²) in [5.74, 6) is -2.11. The van der Waals surface area contributed by atoms with Gasteiger partial charge in [0, 0.05) is 12.2 Å². The number of aromatic carboxylic acids is 1. The van der Waals surface area contributed by atoms with Crippen LogP contribution in [0.15, 0.2) is 29.5 Å². The molecule has 0 atom stereocenters. The predicted octanol–water partition coefficient (Wildman–Crippen LogP) is 0.367. The molecule has 1 heterocycles. The van der Waals surface area contributed by atoms with Crippen LogP contribution >= 0.6 is 0 Å². The molecule has 0 saturated carbocycles. The number of hydrogen-bond donors (Lipinski definition) is 3. The number of carboxylic acids is 1. The lowest BCUT2D eigenvalue weighted by molar-refractivity contribution is -0.136. The zero-order valence-electron chi connectivity index (χ0n) is 13.3. The fraction of sp³-hybridized carbons (Fsp3) is 0.312. The van der Waals surface area contributed by atoms with Gasteiger partial charge in [0.05, 0.1) is 31.4 Å². The van der Waals surface area contributed by atoms with Crippen LogP contribution in [0.25, 0.3) is 0 Å². The molecule has 2 rings (SSSR count). The highest BCUT2D eigenvalue weighted by atomic mass is 16.5. The third-order valence-corrected chi connectivity index (χ3v) is 3.69. The van der Waals surface area contributed by atoms with E-state index in [0.717, 1.165) is 0 Å². The Bertz CT molecular complexity index is 725. The van der Waals surface area contributed by atoms with Gasteiger partial charge in [0.15, 0.2) is 0 Å². The van der Waals surface area contributed by atoms with E-state index in [-0.39, 0.29) is 36.5 Å². The van der Waals surface area contributed by atoms with Crippen molar-refractivity contribution in [3.63, 3.8) is 0 Å². The van der Waals surface area contributed by atoms with Crippen molar-refractivity contribution in [2.45, 2.75) is 6.92 Å². The summed E-state index contributed by atoms with van der Waals surface area (Å²) in [6, 6.07) is 4.40. The van der Waals surface area contributed by atoms with E-state index in [0.29, 0.717) is 11.3 Å². The van der Waals surface area contributed by atoms with Gasteiger partial charge in [-0.25, -0.2) is 9.59 Å². The summed E-state index contributed by atoms with van der Waals surface area (Å²) < 4.78 is 4.70. The van der Waals surface area contributed by atoms with Crippen LogP contribution < -0.4 is 5.32 Å². The third kappa shape index (κ3) is 3.38. The van der Waals surface area contributed by atoms with Crippen molar-refractivity contribution in [1.82, 2.24) is 4.90 Å². The number of methoxy groups -OCH3 is 1. The Labute approximate surface area is 138 Å². The predicted molar refractivity (Wildman–Crippen MR) is 84.5 cm³/mol. The zero-order chi connectivity index (χ0) is 17.9. The Morgan fingerprint density at radius 1 is 1.38 bits per heavy atom. The lowest BCUT2D eigenvalue weighted by Crippen LogP contribution is -2.31. The molecule has 0 saturated heterocycles. The number of aliphatic hydroxyl groups is 1. The van der Waals surface area contributed by atoms with E-state index >= 15 is 0 Å². The van der Waals surface area contributed by atoms with Crippen molar-refractivity contribution in [1.29, 1.82) is 0 Å². The van der Waals surface area contributed by atoms with E-state index in [2.05, 4.69) is 5.32 Å². The molecule has 128 valence electrons. The molecule has 1 amide bonds. The monoisotopic (exact) mass is 334 g/mol. The number of aliphatic hydroxyl groups excluding tert-OH is 1. The average molecular weight is 334 g/mol. The molecule has 1 aliphatic rings. The maximum absolute atomic E-state index is 12.4. The van der Waals surface area contributed by atoms with Gasteiger partial charge in [0.1, 0.15) is 5.70 Å². The van der Waals surface area contributed by atoms with E-state index in [1.165, 1.54) is 30.2 Å². The van der Waals surface area contributed by atoms with E-state index in [9.17, 15) is 14.4 Å².